The van der Waals surface area contributed by atoms with E-state index in [9.17, 15) is 9.59 Å². The van der Waals surface area contributed by atoms with Crippen molar-refractivity contribution in [3.05, 3.63) is 41.1 Å². The number of carboxylic acid groups (broad SMARTS) is 1. The molecule has 5 nitrogen and oxygen atoms in total. The number of nitrogens with two attached hydrogens (primary N) is 1. The molecule has 1 saturated carbocycles. The summed E-state index contributed by atoms with van der Waals surface area (Å²) in [6.45, 7) is 1.56. The normalized spacial score (nSPS) is 15.0. The first kappa shape index (κ1) is 15.3. The van der Waals surface area contributed by atoms with Gasteiger partial charge in [0.15, 0.2) is 5.78 Å². The average molecular weight is 288 g/mol. The third-order valence-corrected chi connectivity index (χ3v) is 3.66. The highest BCUT2D eigenvalue weighted by atomic mass is 16.4. The number of aliphatic carboxylic acids is 1. The number of carbonyl (C=O) groups is 2. The van der Waals surface area contributed by atoms with Crippen LogP contribution in [0.4, 0.5) is 5.69 Å². The summed E-state index contributed by atoms with van der Waals surface area (Å²) in [7, 11) is 0. The number of benzene rings is 1. The molecule has 1 fully saturated rings. The molecule has 21 heavy (non-hydrogen) atoms. The minimum atomic E-state index is -1.01. The molecule has 0 amide bonds. The summed E-state index contributed by atoms with van der Waals surface area (Å²) in [6.07, 6.45) is 3.39. The van der Waals surface area contributed by atoms with E-state index in [4.69, 9.17) is 10.8 Å². The minimum Gasteiger partial charge on any atom is -0.480 e. The van der Waals surface area contributed by atoms with Crippen LogP contribution in [-0.4, -0.2) is 22.9 Å². The lowest BCUT2D eigenvalue weighted by Gasteiger charge is -2.21. The summed E-state index contributed by atoms with van der Waals surface area (Å²) < 4.78 is 0. The monoisotopic (exact) mass is 288 g/mol. The molecule has 5 heteroatoms. The predicted octanol–water partition coefficient (Wildman–Crippen LogP) is 2.08. The van der Waals surface area contributed by atoms with Gasteiger partial charge in [0.2, 0.25) is 0 Å². The van der Waals surface area contributed by atoms with E-state index >= 15 is 0 Å². The second-order valence-corrected chi connectivity index (χ2v) is 5.36. The van der Waals surface area contributed by atoms with Crippen LogP contribution in [-0.2, 0) is 16.0 Å². The van der Waals surface area contributed by atoms with Crippen LogP contribution in [0, 0.1) is 0 Å². The number of hydrogen-bond acceptors (Lipinski definition) is 4. The van der Waals surface area contributed by atoms with Crippen LogP contribution in [0.2, 0.25) is 0 Å². The van der Waals surface area contributed by atoms with Crippen molar-refractivity contribution in [3.8, 4) is 0 Å². The number of carbonyl (C=O) groups excluding carboxylic acids is 1. The molecule has 1 atom stereocenters. The maximum Gasteiger partial charge on any atom is 0.320 e. The van der Waals surface area contributed by atoms with E-state index in [1.165, 1.54) is 5.57 Å². The molecular formula is C16H20N2O3. The van der Waals surface area contributed by atoms with Crippen molar-refractivity contribution >= 4 is 17.4 Å². The Morgan fingerprint density at radius 2 is 1.90 bits per heavy atom. The van der Waals surface area contributed by atoms with Crippen LogP contribution in [0.5, 0.6) is 0 Å². The van der Waals surface area contributed by atoms with Crippen LogP contribution in [0.15, 0.2) is 35.5 Å². The molecular weight excluding hydrogens is 268 g/mol. The summed E-state index contributed by atoms with van der Waals surface area (Å²) in [6, 6.07) is 6.44. The van der Waals surface area contributed by atoms with Gasteiger partial charge in [0.05, 0.1) is 5.70 Å². The van der Waals surface area contributed by atoms with Gasteiger partial charge in [0.25, 0.3) is 0 Å². The molecule has 0 spiro atoms. The van der Waals surface area contributed by atoms with E-state index < -0.39 is 12.0 Å². The van der Waals surface area contributed by atoms with Crippen molar-refractivity contribution in [2.24, 2.45) is 5.73 Å². The Balaban J connectivity index is 2.05. The molecule has 0 aliphatic heterocycles. The maximum atomic E-state index is 11.7. The SMILES string of the molecule is CC(=O)C(Nc1ccc(CC(N)C(=O)O)cc1)=C1CCC1. The van der Waals surface area contributed by atoms with E-state index in [0.717, 1.165) is 30.5 Å². The highest BCUT2D eigenvalue weighted by Crippen LogP contribution is 2.29. The third-order valence-electron chi connectivity index (χ3n) is 3.66. The Morgan fingerprint density at radius 3 is 2.33 bits per heavy atom. The fourth-order valence-corrected chi connectivity index (χ4v) is 2.24. The Kier molecular flexibility index (Phi) is 4.75. The van der Waals surface area contributed by atoms with Crippen LogP contribution < -0.4 is 11.1 Å². The molecule has 0 aromatic heterocycles. The van der Waals surface area contributed by atoms with Gasteiger partial charge in [0, 0.05) is 12.6 Å². The van der Waals surface area contributed by atoms with Crippen molar-refractivity contribution in [1.82, 2.24) is 0 Å². The first-order valence-electron chi connectivity index (χ1n) is 7.04. The van der Waals surface area contributed by atoms with Crippen molar-refractivity contribution in [1.29, 1.82) is 0 Å². The second kappa shape index (κ2) is 6.54. The Bertz CT molecular complexity index is 570. The zero-order chi connectivity index (χ0) is 15.4. The van der Waals surface area contributed by atoms with Crippen molar-refractivity contribution in [3.63, 3.8) is 0 Å². The van der Waals surface area contributed by atoms with E-state index in [1.54, 1.807) is 6.92 Å². The van der Waals surface area contributed by atoms with Gasteiger partial charge < -0.3 is 16.2 Å². The Morgan fingerprint density at radius 1 is 1.29 bits per heavy atom. The van der Waals surface area contributed by atoms with E-state index in [2.05, 4.69) is 5.32 Å². The van der Waals surface area contributed by atoms with Crippen molar-refractivity contribution in [2.45, 2.75) is 38.6 Å². The zero-order valence-corrected chi connectivity index (χ0v) is 12.1. The molecule has 2 rings (SSSR count). The summed E-state index contributed by atoms with van der Waals surface area (Å²) >= 11 is 0. The number of ketones is 1. The Labute approximate surface area is 123 Å². The predicted molar refractivity (Wildman–Crippen MR) is 80.9 cm³/mol. The lowest BCUT2D eigenvalue weighted by molar-refractivity contribution is -0.138. The van der Waals surface area contributed by atoms with E-state index in [0.29, 0.717) is 5.70 Å². The Hall–Kier alpha value is -2.14. The van der Waals surface area contributed by atoms with Gasteiger partial charge in [-0.2, -0.15) is 0 Å². The van der Waals surface area contributed by atoms with Crippen LogP contribution in [0.1, 0.15) is 31.7 Å². The number of Topliss-reactive ketones (excluding diaryl/α,β-unsaturated/α-hetero) is 1. The number of nitrogens with one attached hydrogen (secondary N) is 1. The third kappa shape index (κ3) is 3.92. The molecule has 1 aromatic rings. The zero-order valence-electron chi connectivity index (χ0n) is 12.1. The van der Waals surface area contributed by atoms with Gasteiger partial charge >= 0.3 is 5.97 Å². The van der Waals surface area contributed by atoms with Crippen molar-refractivity contribution in [2.75, 3.05) is 5.32 Å². The summed E-state index contributed by atoms with van der Waals surface area (Å²) in [4.78, 5) is 22.4. The largest absolute Gasteiger partial charge is 0.480 e. The molecule has 4 N–H and O–H groups in total. The topological polar surface area (TPSA) is 92.4 Å². The number of carboxylic acids is 1. The van der Waals surface area contributed by atoms with Gasteiger partial charge in [-0.25, -0.2) is 0 Å². The molecule has 112 valence electrons. The van der Waals surface area contributed by atoms with Crippen LogP contribution >= 0.6 is 0 Å². The van der Waals surface area contributed by atoms with E-state index in [1.807, 2.05) is 24.3 Å². The molecule has 1 aromatic carbocycles. The quantitative estimate of drug-likeness (QED) is 0.697. The molecule has 1 unspecified atom stereocenters. The first-order chi connectivity index (χ1) is 9.97. The lowest BCUT2D eigenvalue weighted by atomic mass is 9.89. The van der Waals surface area contributed by atoms with Gasteiger partial charge in [-0.15, -0.1) is 0 Å². The van der Waals surface area contributed by atoms with Gasteiger partial charge in [-0.3, -0.25) is 9.59 Å². The molecule has 0 radical (unpaired) electrons. The molecule has 1 aliphatic carbocycles. The van der Waals surface area contributed by atoms with Gasteiger partial charge in [-0.1, -0.05) is 12.1 Å². The highest BCUT2D eigenvalue weighted by Gasteiger charge is 2.18. The van der Waals surface area contributed by atoms with Gasteiger partial charge in [0.1, 0.15) is 6.04 Å². The molecule has 0 saturated heterocycles. The van der Waals surface area contributed by atoms with E-state index in [-0.39, 0.29) is 12.2 Å². The second-order valence-electron chi connectivity index (χ2n) is 5.36. The van der Waals surface area contributed by atoms with Crippen LogP contribution in [0.25, 0.3) is 0 Å². The fourth-order valence-electron chi connectivity index (χ4n) is 2.24. The highest BCUT2D eigenvalue weighted by molar-refractivity contribution is 5.97. The minimum absolute atomic E-state index is 0.0432. The average Bonchev–Trinajstić information content (AvgIpc) is 2.37. The first-order valence-corrected chi connectivity index (χ1v) is 7.04. The molecule has 0 bridgehead atoms. The number of anilines is 1. The lowest BCUT2D eigenvalue weighted by Crippen LogP contribution is -2.32. The van der Waals surface area contributed by atoms with Crippen LogP contribution in [0.3, 0.4) is 0 Å². The summed E-state index contributed by atoms with van der Waals surface area (Å²) in [5.74, 6) is -0.965. The number of hydrogen-bond donors (Lipinski definition) is 3. The maximum absolute atomic E-state index is 11.7. The van der Waals surface area contributed by atoms with Gasteiger partial charge in [-0.05, 0) is 49.0 Å². The molecule has 1 aliphatic rings. The standard InChI is InChI=1S/C16H20N2O3/c1-10(19)15(12-3-2-4-12)18-13-7-5-11(6-8-13)9-14(17)16(20)21/h5-8,14,18H,2-4,9,17H2,1H3,(H,20,21). The summed E-state index contributed by atoms with van der Waals surface area (Å²) in [5.41, 5.74) is 9.06. The number of rotatable bonds is 6. The summed E-state index contributed by atoms with van der Waals surface area (Å²) in [5, 5.41) is 12.0. The molecule has 0 heterocycles. The number of allylic oxidation sites excluding steroid dienone is 2. The van der Waals surface area contributed by atoms with Crippen molar-refractivity contribution < 1.29 is 14.7 Å². The smallest absolute Gasteiger partial charge is 0.320 e. The fraction of sp³-hybridized carbons (Fsp3) is 0.375.